The van der Waals surface area contributed by atoms with Crippen molar-refractivity contribution in [2.24, 2.45) is 0 Å². The van der Waals surface area contributed by atoms with Gasteiger partial charge in [0.05, 0.1) is 12.3 Å². The molecule has 1 fully saturated rings. The highest BCUT2D eigenvalue weighted by atomic mass is 16.6. The molecule has 0 aliphatic carbocycles. The van der Waals surface area contributed by atoms with Crippen LogP contribution in [0.3, 0.4) is 0 Å². The fourth-order valence-electron chi connectivity index (χ4n) is 3.07. The Kier molecular flexibility index (Phi) is 7.57. The van der Waals surface area contributed by atoms with E-state index in [9.17, 15) is 20.4 Å². The first-order chi connectivity index (χ1) is 11.6. The Morgan fingerprint density at radius 2 is 1.79 bits per heavy atom. The standard InChI is InChI=1S/C16H29N3O5/c1-2-3-4-5-6-7-8-11-9-19(18-17-11)13-12(10-20)24-16(23)15(22)14(13)21/h9,12-16,20-23H,2-8,10H2,1H3/t12-,13-,14+,15-,16?/m1/s1. The van der Waals surface area contributed by atoms with Crippen LogP contribution in [0, 0.1) is 0 Å². The molecule has 24 heavy (non-hydrogen) atoms. The van der Waals surface area contributed by atoms with E-state index in [1.807, 2.05) is 0 Å². The molecule has 1 aliphatic rings. The van der Waals surface area contributed by atoms with Crippen molar-refractivity contribution in [1.29, 1.82) is 0 Å². The summed E-state index contributed by atoms with van der Waals surface area (Å²) in [6, 6.07) is -0.792. The fraction of sp³-hybridized carbons (Fsp3) is 0.875. The van der Waals surface area contributed by atoms with E-state index in [2.05, 4.69) is 17.2 Å². The molecule has 138 valence electrons. The van der Waals surface area contributed by atoms with Gasteiger partial charge < -0.3 is 25.2 Å². The van der Waals surface area contributed by atoms with Crippen LogP contribution in [0.1, 0.15) is 57.2 Å². The lowest BCUT2D eigenvalue weighted by molar-refractivity contribution is -0.270. The predicted octanol–water partition coefficient (Wildman–Crippen LogP) is 0.153. The van der Waals surface area contributed by atoms with Gasteiger partial charge in [0.25, 0.3) is 0 Å². The number of unbranched alkanes of at least 4 members (excludes halogenated alkanes) is 5. The maximum atomic E-state index is 10.2. The molecule has 1 saturated heterocycles. The predicted molar refractivity (Wildman–Crippen MR) is 86.1 cm³/mol. The largest absolute Gasteiger partial charge is 0.394 e. The number of aliphatic hydroxyl groups excluding tert-OH is 4. The minimum Gasteiger partial charge on any atom is -0.394 e. The number of hydrogen-bond acceptors (Lipinski definition) is 7. The molecule has 1 aromatic rings. The number of hydrogen-bond donors (Lipinski definition) is 4. The van der Waals surface area contributed by atoms with Crippen molar-refractivity contribution in [3.05, 3.63) is 11.9 Å². The first kappa shape index (κ1) is 19.3. The maximum Gasteiger partial charge on any atom is 0.184 e. The van der Waals surface area contributed by atoms with Gasteiger partial charge in [-0.3, -0.25) is 0 Å². The Hall–Kier alpha value is -1.06. The highest BCUT2D eigenvalue weighted by Gasteiger charge is 2.45. The van der Waals surface area contributed by atoms with Gasteiger partial charge in [-0.25, -0.2) is 4.68 Å². The van der Waals surface area contributed by atoms with Gasteiger partial charge in [-0.1, -0.05) is 44.2 Å². The normalized spacial score (nSPS) is 30.6. The average Bonchev–Trinajstić information content (AvgIpc) is 3.03. The third kappa shape index (κ3) is 4.73. The SMILES string of the molecule is CCCCCCCCc1cn([C@H]2[C@H](O)[C@@H](O)C(O)O[C@@H]2CO)nn1. The number of rotatable bonds is 9. The van der Waals surface area contributed by atoms with E-state index in [0.29, 0.717) is 0 Å². The van der Waals surface area contributed by atoms with E-state index in [-0.39, 0.29) is 0 Å². The van der Waals surface area contributed by atoms with Crippen molar-refractivity contribution in [3.63, 3.8) is 0 Å². The molecule has 0 aromatic carbocycles. The van der Waals surface area contributed by atoms with E-state index in [4.69, 9.17) is 4.74 Å². The second-order valence-electron chi connectivity index (χ2n) is 6.43. The average molecular weight is 343 g/mol. The maximum absolute atomic E-state index is 10.2. The molecular weight excluding hydrogens is 314 g/mol. The van der Waals surface area contributed by atoms with Gasteiger partial charge in [0.2, 0.25) is 0 Å². The Balaban J connectivity index is 1.91. The van der Waals surface area contributed by atoms with Crippen LogP contribution < -0.4 is 0 Å². The third-order valence-corrected chi connectivity index (χ3v) is 4.52. The van der Waals surface area contributed by atoms with Crippen molar-refractivity contribution in [3.8, 4) is 0 Å². The molecular formula is C16H29N3O5. The van der Waals surface area contributed by atoms with Crippen LogP contribution in [0.2, 0.25) is 0 Å². The second kappa shape index (κ2) is 9.43. The molecule has 8 heteroatoms. The van der Waals surface area contributed by atoms with Gasteiger partial charge in [-0.05, 0) is 12.8 Å². The Labute approximate surface area is 142 Å². The molecule has 8 nitrogen and oxygen atoms in total. The second-order valence-corrected chi connectivity index (χ2v) is 6.43. The zero-order chi connectivity index (χ0) is 17.5. The fourth-order valence-corrected chi connectivity index (χ4v) is 3.07. The zero-order valence-electron chi connectivity index (χ0n) is 14.2. The van der Waals surface area contributed by atoms with Gasteiger partial charge in [-0.2, -0.15) is 0 Å². The molecule has 2 rings (SSSR count). The Morgan fingerprint density at radius 3 is 2.50 bits per heavy atom. The van der Waals surface area contributed by atoms with Crippen LogP contribution in [0.5, 0.6) is 0 Å². The van der Waals surface area contributed by atoms with Crippen molar-refractivity contribution in [2.75, 3.05) is 6.61 Å². The molecule has 5 atom stereocenters. The van der Waals surface area contributed by atoms with E-state index in [0.717, 1.165) is 25.0 Å². The number of nitrogens with zero attached hydrogens (tertiary/aromatic N) is 3. The number of aliphatic hydroxyl groups is 4. The summed E-state index contributed by atoms with van der Waals surface area (Å²) in [5.41, 5.74) is 0.801. The molecule has 4 N–H and O–H groups in total. The van der Waals surface area contributed by atoms with E-state index in [1.165, 1.54) is 30.4 Å². The summed E-state index contributed by atoms with van der Waals surface area (Å²) in [4.78, 5) is 0. The van der Waals surface area contributed by atoms with Crippen LogP contribution in [0.15, 0.2) is 6.20 Å². The first-order valence-electron chi connectivity index (χ1n) is 8.79. The van der Waals surface area contributed by atoms with Crippen LogP contribution >= 0.6 is 0 Å². The lowest BCUT2D eigenvalue weighted by Gasteiger charge is -2.39. The summed E-state index contributed by atoms with van der Waals surface area (Å²) in [7, 11) is 0. The highest BCUT2D eigenvalue weighted by molar-refractivity contribution is 4.98. The number of aryl methyl sites for hydroxylation is 1. The monoisotopic (exact) mass is 343 g/mol. The molecule has 0 radical (unpaired) electrons. The van der Waals surface area contributed by atoms with Crippen molar-refractivity contribution in [1.82, 2.24) is 15.0 Å². The van der Waals surface area contributed by atoms with Gasteiger partial charge in [-0.15, -0.1) is 5.10 Å². The minimum atomic E-state index is -1.53. The molecule has 0 amide bonds. The van der Waals surface area contributed by atoms with Crippen LogP contribution in [-0.2, 0) is 11.2 Å². The summed E-state index contributed by atoms with van der Waals surface area (Å²) in [5.74, 6) is 0. The van der Waals surface area contributed by atoms with Crippen molar-refractivity contribution >= 4 is 0 Å². The van der Waals surface area contributed by atoms with Gasteiger partial charge in [0.1, 0.15) is 24.4 Å². The number of aromatic nitrogens is 3. The van der Waals surface area contributed by atoms with Crippen LogP contribution in [-0.4, -0.2) is 66.6 Å². The minimum absolute atomic E-state index is 0.405. The summed E-state index contributed by atoms with van der Waals surface area (Å²) in [6.45, 7) is 1.79. The Bertz CT molecular complexity index is 482. The smallest absolute Gasteiger partial charge is 0.184 e. The van der Waals surface area contributed by atoms with Gasteiger partial charge in [0, 0.05) is 6.20 Å². The molecule has 2 heterocycles. The number of ether oxygens (including phenoxy) is 1. The lowest BCUT2D eigenvalue weighted by atomic mass is 9.96. The topological polar surface area (TPSA) is 121 Å². The van der Waals surface area contributed by atoms with E-state index in [1.54, 1.807) is 6.20 Å². The molecule has 0 saturated carbocycles. The molecule has 0 spiro atoms. The zero-order valence-corrected chi connectivity index (χ0v) is 14.2. The summed E-state index contributed by atoms with van der Waals surface area (Å²) >= 11 is 0. The van der Waals surface area contributed by atoms with Crippen LogP contribution in [0.4, 0.5) is 0 Å². The first-order valence-corrected chi connectivity index (χ1v) is 8.79. The quantitative estimate of drug-likeness (QED) is 0.471. The third-order valence-electron chi connectivity index (χ3n) is 4.52. The summed E-state index contributed by atoms with van der Waals surface area (Å²) in [5, 5.41) is 47.0. The van der Waals surface area contributed by atoms with Crippen molar-refractivity contribution < 1.29 is 25.2 Å². The van der Waals surface area contributed by atoms with Gasteiger partial charge >= 0.3 is 0 Å². The molecule has 1 aromatic heterocycles. The molecule has 1 aliphatic heterocycles. The molecule has 0 bridgehead atoms. The highest BCUT2D eigenvalue weighted by Crippen LogP contribution is 2.28. The van der Waals surface area contributed by atoms with Gasteiger partial charge in [0.15, 0.2) is 6.29 Å². The lowest BCUT2D eigenvalue weighted by Crippen LogP contribution is -2.56. The van der Waals surface area contributed by atoms with E-state index < -0.39 is 37.3 Å². The van der Waals surface area contributed by atoms with E-state index >= 15 is 0 Å². The molecule has 1 unspecified atom stereocenters. The van der Waals surface area contributed by atoms with Crippen molar-refractivity contribution in [2.45, 2.75) is 82.5 Å². The summed E-state index contributed by atoms with van der Waals surface area (Å²) < 4.78 is 6.55. The Morgan fingerprint density at radius 1 is 1.08 bits per heavy atom. The van der Waals surface area contributed by atoms with Crippen LogP contribution in [0.25, 0.3) is 0 Å². The summed E-state index contributed by atoms with van der Waals surface area (Å²) in [6.07, 6.45) is 4.50.